The second kappa shape index (κ2) is 6.12. The van der Waals surface area contributed by atoms with E-state index in [0.29, 0.717) is 3.57 Å². The summed E-state index contributed by atoms with van der Waals surface area (Å²) in [5, 5.41) is 8.76. The number of carboxylic acid groups (broad SMARTS) is 1. The number of hydrogen-bond acceptors (Lipinski definition) is 2. The maximum atomic E-state index is 13.4. The van der Waals surface area contributed by atoms with Gasteiger partial charge in [0.25, 0.3) is 5.91 Å². The van der Waals surface area contributed by atoms with Gasteiger partial charge in [0, 0.05) is 15.2 Å². The van der Waals surface area contributed by atoms with E-state index in [1.807, 2.05) is 22.6 Å². The summed E-state index contributed by atoms with van der Waals surface area (Å²) in [7, 11) is 0. The van der Waals surface area contributed by atoms with Gasteiger partial charge in [0.05, 0.1) is 0 Å². The zero-order valence-corrected chi connectivity index (χ0v) is 12.1. The zero-order chi connectivity index (χ0) is 13.9. The van der Waals surface area contributed by atoms with E-state index in [0.717, 1.165) is 6.07 Å². The van der Waals surface area contributed by atoms with Crippen LogP contribution >= 0.6 is 22.6 Å². The molecule has 0 radical (unpaired) electrons. The molecular formula is C12H13FINO3. The Morgan fingerprint density at radius 3 is 2.50 bits per heavy atom. The van der Waals surface area contributed by atoms with Gasteiger partial charge in [-0.25, -0.2) is 4.39 Å². The minimum Gasteiger partial charge on any atom is -0.480 e. The number of hydrogen-bond donors (Lipinski definition) is 1. The molecule has 98 valence electrons. The van der Waals surface area contributed by atoms with Gasteiger partial charge in [-0.15, -0.1) is 0 Å². The van der Waals surface area contributed by atoms with Crippen LogP contribution in [0.5, 0.6) is 0 Å². The molecule has 1 aromatic carbocycles. The molecule has 0 aliphatic carbocycles. The Morgan fingerprint density at radius 2 is 2.06 bits per heavy atom. The molecule has 0 atom stereocenters. The summed E-state index contributed by atoms with van der Waals surface area (Å²) < 4.78 is 13.8. The van der Waals surface area contributed by atoms with Crippen molar-refractivity contribution in [3.05, 3.63) is 33.1 Å². The third kappa shape index (κ3) is 3.66. The Bertz CT molecular complexity index is 476. The van der Waals surface area contributed by atoms with Gasteiger partial charge in [-0.05, 0) is 54.6 Å². The molecule has 1 N–H and O–H groups in total. The number of aliphatic carboxylic acids is 1. The minimum atomic E-state index is -1.09. The molecular weight excluding hydrogens is 352 g/mol. The fourth-order valence-corrected chi connectivity index (χ4v) is 1.77. The highest BCUT2D eigenvalue weighted by atomic mass is 127. The van der Waals surface area contributed by atoms with Crippen molar-refractivity contribution in [2.45, 2.75) is 19.9 Å². The standard InChI is InChI=1S/C12H13FINO3/c1-7(2)15(6-11(16)17)12(18)8-3-4-10(14)9(13)5-8/h3-5,7H,6H2,1-2H3,(H,16,17). The lowest BCUT2D eigenvalue weighted by Crippen LogP contribution is -2.40. The summed E-state index contributed by atoms with van der Waals surface area (Å²) in [6, 6.07) is 3.84. The normalized spacial score (nSPS) is 10.5. The largest absolute Gasteiger partial charge is 0.480 e. The van der Waals surface area contributed by atoms with Crippen molar-refractivity contribution in [2.24, 2.45) is 0 Å². The molecule has 0 fully saturated rings. The predicted molar refractivity (Wildman–Crippen MR) is 72.9 cm³/mol. The quantitative estimate of drug-likeness (QED) is 0.834. The number of rotatable bonds is 4. The van der Waals surface area contributed by atoms with Crippen LogP contribution in [0.4, 0.5) is 4.39 Å². The van der Waals surface area contributed by atoms with Crippen molar-refractivity contribution in [1.82, 2.24) is 4.90 Å². The maximum Gasteiger partial charge on any atom is 0.323 e. The van der Waals surface area contributed by atoms with E-state index in [1.54, 1.807) is 13.8 Å². The van der Waals surface area contributed by atoms with Crippen molar-refractivity contribution in [2.75, 3.05) is 6.54 Å². The van der Waals surface area contributed by atoms with Gasteiger partial charge in [-0.1, -0.05) is 0 Å². The third-order valence-corrected chi connectivity index (χ3v) is 3.23. The maximum absolute atomic E-state index is 13.4. The minimum absolute atomic E-state index is 0.155. The summed E-state index contributed by atoms with van der Waals surface area (Å²) in [6.45, 7) is 3.03. The Kier molecular flexibility index (Phi) is 5.06. The average molecular weight is 365 g/mol. The third-order valence-electron chi connectivity index (χ3n) is 2.36. The van der Waals surface area contributed by atoms with Gasteiger partial charge in [-0.3, -0.25) is 9.59 Å². The van der Waals surface area contributed by atoms with E-state index in [9.17, 15) is 14.0 Å². The highest BCUT2D eigenvalue weighted by Crippen LogP contribution is 2.15. The van der Waals surface area contributed by atoms with Gasteiger partial charge in [0.15, 0.2) is 0 Å². The molecule has 0 aromatic heterocycles. The molecule has 18 heavy (non-hydrogen) atoms. The predicted octanol–water partition coefficient (Wildman–Crippen LogP) is 2.37. The van der Waals surface area contributed by atoms with Crippen LogP contribution in [0.2, 0.25) is 0 Å². The molecule has 0 spiro atoms. The Labute approximate surface area is 118 Å². The van der Waals surface area contributed by atoms with E-state index in [2.05, 4.69) is 0 Å². The highest BCUT2D eigenvalue weighted by Gasteiger charge is 2.21. The van der Waals surface area contributed by atoms with E-state index in [1.165, 1.54) is 17.0 Å². The number of halogens is 2. The molecule has 0 heterocycles. The molecule has 4 nitrogen and oxygen atoms in total. The van der Waals surface area contributed by atoms with Crippen LogP contribution in [-0.2, 0) is 4.79 Å². The van der Waals surface area contributed by atoms with Gasteiger partial charge >= 0.3 is 5.97 Å². The Hall–Kier alpha value is -1.18. The van der Waals surface area contributed by atoms with Crippen molar-refractivity contribution >= 4 is 34.5 Å². The van der Waals surface area contributed by atoms with E-state index >= 15 is 0 Å². The van der Waals surface area contributed by atoms with Gasteiger partial charge < -0.3 is 10.0 Å². The fourth-order valence-electron chi connectivity index (χ4n) is 1.43. The van der Waals surface area contributed by atoms with Crippen LogP contribution in [0, 0.1) is 9.39 Å². The lowest BCUT2D eigenvalue weighted by molar-refractivity contribution is -0.138. The van der Waals surface area contributed by atoms with Crippen molar-refractivity contribution < 1.29 is 19.1 Å². The first-order valence-corrected chi connectivity index (χ1v) is 6.38. The van der Waals surface area contributed by atoms with Crippen molar-refractivity contribution in [3.63, 3.8) is 0 Å². The lowest BCUT2D eigenvalue weighted by atomic mass is 10.1. The van der Waals surface area contributed by atoms with Gasteiger partial charge in [0.1, 0.15) is 12.4 Å². The Balaban J connectivity index is 3.02. The van der Waals surface area contributed by atoms with Crippen LogP contribution in [0.3, 0.4) is 0 Å². The molecule has 0 unspecified atom stereocenters. The second-order valence-electron chi connectivity index (χ2n) is 4.05. The lowest BCUT2D eigenvalue weighted by Gasteiger charge is -2.25. The number of carbonyl (C=O) groups excluding carboxylic acids is 1. The monoisotopic (exact) mass is 365 g/mol. The number of carboxylic acids is 1. The molecule has 0 aliphatic heterocycles. The topological polar surface area (TPSA) is 57.6 Å². The summed E-state index contributed by atoms with van der Waals surface area (Å²) in [5.41, 5.74) is 0.155. The first-order chi connectivity index (χ1) is 8.32. The summed E-state index contributed by atoms with van der Waals surface area (Å²) in [4.78, 5) is 24.0. The zero-order valence-electron chi connectivity index (χ0n) is 9.98. The fraction of sp³-hybridized carbons (Fsp3) is 0.333. The van der Waals surface area contributed by atoms with Crippen molar-refractivity contribution in [3.8, 4) is 0 Å². The molecule has 0 saturated carbocycles. The summed E-state index contributed by atoms with van der Waals surface area (Å²) in [6.07, 6.45) is 0. The average Bonchev–Trinajstić information content (AvgIpc) is 2.28. The van der Waals surface area contributed by atoms with E-state index in [4.69, 9.17) is 5.11 Å². The smallest absolute Gasteiger partial charge is 0.323 e. The second-order valence-corrected chi connectivity index (χ2v) is 5.21. The Morgan fingerprint density at radius 1 is 1.44 bits per heavy atom. The number of benzene rings is 1. The first-order valence-electron chi connectivity index (χ1n) is 5.30. The van der Waals surface area contributed by atoms with Crippen LogP contribution in [0.1, 0.15) is 24.2 Å². The molecule has 6 heteroatoms. The molecule has 0 aliphatic rings. The van der Waals surface area contributed by atoms with Crippen LogP contribution in [0.25, 0.3) is 0 Å². The molecule has 1 amide bonds. The molecule has 0 saturated heterocycles. The molecule has 1 aromatic rings. The van der Waals surface area contributed by atoms with Gasteiger partial charge in [0.2, 0.25) is 0 Å². The van der Waals surface area contributed by atoms with Crippen molar-refractivity contribution in [1.29, 1.82) is 0 Å². The van der Waals surface area contributed by atoms with Gasteiger partial charge in [-0.2, -0.15) is 0 Å². The number of carbonyl (C=O) groups is 2. The number of amides is 1. The molecule has 0 bridgehead atoms. The van der Waals surface area contributed by atoms with Crippen LogP contribution in [-0.4, -0.2) is 34.5 Å². The van der Waals surface area contributed by atoms with E-state index in [-0.39, 0.29) is 11.6 Å². The summed E-state index contributed by atoms with van der Waals surface area (Å²) in [5.74, 6) is -2.06. The first kappa shape index (κ1) is 14.9. The number of nitrogens with zero attached hydrogens (tertiary/aromatic N) is 1. The van der Waals surface area contributed by atoms with E-state index < -0.39 is 24.2 Å². The summed E-state index contributed by atoms with van der Waals surface area (Å²) >= 11 is 1.82. The highest BCUT2D eigenvalue weighted by molar-refractivity contribution is 14.1. The van der Waals surface area contributed by atoms with Crippen LogP contribution < -0.4 is 0 Å². The molecule has 1 rings (SSSR count). The SMILES string of the molecule is CC(C)N(CC(=O)O)C(=O)c1ccc(I)c(F)c1. The van der Waals surface area contributed by atoms with Crippen LogP contribution in [0.15, 0.2) is 18.2 Å².